The van der Waals surface area contributed by atoms with Crippen molar-refractivity contribution in [2.75, 3.05) is 7.11 Å². The molecule has 1 rings (SSSR count). The zero-order chi connectivity index (χ0) is 11.4. The van der Waals surface area contributed by atoms with Gasteiger partial charge in [-0.15, -0.1) is 0 Å². The van der Waals surface area contributed by atoms with Crippen LogP contribution in [0.3, 0.4) is 0 Å². The summed E-state index contributed by atoms with van der Waals surface area (Å²) in [6.07, 6.45) is 0. The lowest BCUT2D eigenvalue weighted by molar-refractivity contribution is 0.185. The number of benzene rings is 1. The van der Waals surface area contributed by atoms with E-state index in [1.54, 1.807) is 19.2 Å². The fraction of sp³-hybridized carbons (Fsp3) is 0.500. The van der Waals surface area contributed by atoms with Crippen molar-refractivity contribution in [1.29, 1.82) is 0 Å². The van der Waals surface area contributed by atoms with Crippen LogP contribution in [0.2, 0.25) is 0 Å². The average Bonchev–Trinajstić information content (AvgIpc) is 2.28. The Balaban J connectivity index is 0. The molecule has 0 bridgehead atoms. The van der Waals surface area contributed by atoms with Gasteiger partial charge in [-0.1, -0.05) is 39.8 Å². The molecule has 0 fully saturated rings. The first-order chi connectivity index (χ1) is 6.83. The van der Waals surface area contributed by atoms with E-state index in [0.29, 0.717) is 6.61 Å². The zero-order valence-electron chi connectivity index (χ0n) is 9.80. The van der Waals surface area contributed by atoms with Crippen LogP contribution >= 0.6 is 0 Å². The van der Waals surface area contributed by atoms with Crippen LogP contribution in [0.4, 0.5) is 4.39 Å². The second-order valence-corrected chi connectivity index (χ2v) is 2.06. The van der Waals surface area contributed by atoms with Crippen LogP contribution in [0.1, 0.15) is 33.3 Å². The number of methoxy groups -OCH3 is 1. The van der Waals surface area contributed by atoms with Crippen molar-refractivity contribution in [3.63, 3.8) is 0 Å². The van der Waals surface area contributed by atoms with Crippen molar-refractivity contribution in [1.82, 2.24) is 0 Å². The fourth-order valence-corrected chi connectivity index (χ4v) is 0.747. The number of rotatable bonds is 2. The molecule has 0 heterocycles. The first-order valence-corrected chi connectivity index (χ1v) is 5.06. The van der Waals surface area contributed by atoms with Crippen molar-refractivity contribution in [2.24, 2.45) is 0 Å². The molecule has 0 saturated heterocycles. The summed E-state index contributed by atoms with van der Waals surface area (Å²) in [6.45, 7) is 8.54. The molecule has 14 heavy (non-hydrogen) atoms. The fourth-order valence-electron chi connectivity index (χ4n) is 0.747. The molecule has 0 unspecified atom stereocenters. The van der Waals surface area contributed by atoms with Crippen LogP contribution in [-0.4, -0.2) is 7.11 Å². The summed E-state index contributed by atoms with van der Waals surface area (Å²) in [5.41, 5.74) is 0.990. The summed E-state index contributed by atoms with van der Waals surface area (Å²) < 4.78 is 17.1. The van der Waals surface area contributed by atoms with Gasteiger partial charge >= 0.3 is 0 Å². The summed E-state index contributed by atoms with van der Waals surface area (Å²) in [6, 6.07) is 6.26. The van der Waals surface area contributed by atoms with Crippen LogP contribution in [0.25, 0.3) is 0 Å². The third-order valence-corrected chi connectivity index (χ3v) is 1.22. The summed E-state index contributed by atoms with van der Waals surface area (Å²) in [5, 5.41) is 0. The van der Waals surface area contributed by atoms with E-state index in [9.17, 15) is 4.39 Å². The number of halogens is 1. The molecule has 2 heteroatoms. The Labute approximate surface area is 86.9 Å². The standard InChI is InChI=1S/C8H9FO.2C2H6/c1-10-6-7-2-4-8(9)5-3-7;2*1-2/h2-5H,6H2,1H3;2*1-2H3. The molecule has 0 atom stereocenters. The van der Waals surface area contributed by atoms with Crippen LogP contribution in [-0.2, 0) is 11.3 Å². The second kappa shape index (κ2) is 12.1. The molecule has 0 amide bonds. The van der Waals surface area contributed by atoms with E-state index in [4.69, 9.17) is 4.74 Å². The highest BCUT2D eigenvalue weighted by Crippen LogP contribution is 2.02. The molecule has 0 spiro atoms. The van der Waals surface area contributed by atoms with Gasteiger partial charge in [-0.3, -0.25) is 0 Å². The van der Waals surface area contributed by atoms with Gasteiger partial charge in [0.2, 0.25) is 0 Å². The maximum atomic E-state index is 12.3. The Morgan fingerprint density at radius 2 is 1.43 bits per heavy atom. The predicted octanol–water partition coefficient (Wildman–Crippen LogP) is 4.02. The van der Waals surface area contributed by atoms with Gasteiger partial charge < -0.3 is 4.74 Å². The Morgan fingerprint density at radius 3 is 1.79 bits per heavy atom. The number of hydrogen-bond acceptors (Lipinski definition) is 1. The topological polar surface area (TPSA) is 9.23 Å². The average molecular weight is 200 g/mol. The molecular weight excluding hydrogens is 179 g/mol. The molecule has 1 nitrogen and oxygen atoms in total. The molecule has 0 aliphatic carbocycles. The smallest absolute Gasteiger partial charge is 0.123 e. The van der Waals surface area contributed by atoms with E-state index in [2.05, 4.69) is 0 Å². The van der Waals surface area contributed by atoms with Crippen molar-refractivity contribution >= 4 is 0 Å². The van der Waals surface area contributed by atoms with Crippen LogP contribution in [0.15, 0.2) is 24.3 Å². The molecule has 1 aromatic carbocycles. The summed E-state index contributed by atoms with van der Waals surface area (Å²) in [5.74, 6) is -0.208. The highest BCUT2D eigenvalue weighted by Gasteiger charge is 1.90. The van der Waals surface area contributed by atoms with Crippen molar-refractivity contribution < 1.29 is 9.13 Å². The monoisotopic (exact) mass is 200 g/mol. The van der Waals surface area contributed by atoms with Gasteiger partial charge in [0.15, 0.2) is 0 Å². The van der Waals surface area contributed by atoms with Gasteiger partial charge in [0.25, 0.3) is 0 Å². The minimum absolute atomic E-state index is 0.208. The quantitative estimate of drug-likeness (QED) is 0.700. The Hall–Kier alpha value is -0.890. The summed E-state index contributed by atoms with van der Waals surface area (Å²) >= 11 is 0. The molecular formula is C12H21FO. The van der Waals surface area contributed by atoms with E-state index in [0.717, 1.165) is 5.56 Å². The Morgan fingerprint density at radius 1 is 1.00 bits per heavy atom. The molecule has 0 aliphatic heterocycles. The molecule has 0 radical (unpaired) electrons. The summed E-state index contributed by atoms with van der Waals surface area (Å²) in [7, 11) is 1.61. The minimum atomic E-state index is -0.208. The lowest BCUT2D eigenvalue weighted by atomic mass is 10.2. The lowest BCUT2D eigenvalue weighted by Crippen LogP contribution is -1.86. The Bertz CT molecular complexity index is 194. The van der Waals surface area contributed by atoms with E-state index < -0.39 is 0 Å². The Kier molecular flexibility index (Phi) is 13.5. The maximum Gasteiger partial charge on any atom is 0.123 e. The SMILES string of the molecule is CC.CC.COCc1ccc(F)cc1. The minimum Gasteiger partial charge on any atom is -0.380 e. The predicted molar refractivity (Wildman–Crippen MR) is 59.8 cm³/mol. The van der Waals surface area contributed by atoms with Gasteiger partial charge in [0.1, 0.15) is 5.82 Å². The van der Waals surface area contributed by atoms with Crippen LogP contribution in [0, 0.1) is 5.82 Å². The zero-order valence-corrected chi connectivity index (χ0v) is 9.80. The van der Waals surface area contributed by atoms with Crippen molar-refractivity contribution in [3.8, 4) is 0 Å². The first-order valence-electron chi connectivity index (χ1n) is 5.06. The van der Waals surface area contributed by atoms with Crippen molar-refractivity contribution in [3.05, 3.63) is 35.6 Å². The highest BCUT2D eigenvalue weighted by molar-refractivity contribution is 5.14. The highest BCUT2D eigenvalue weighted by atomic mass is 19.1. The maximum absolute atomic E-state index is 12.3. The van der Waals surface area contributed by atoms with Gasteiger partial charge in [-0.25, -0.2) is 4.39 Å². The lowest BCUT2D eigenvalue weighted by Gasteiger charge is -1.96. The summed E-state index contributed by atoms with van der Waals surface area (Å²) in [4.78, 5) is 0. The van der Waals surface area contributed by atoms with Crippen LogP contribution < -0.4 is 0 Å². The molecule has 1 aromatic rings. The largest absolute Gasteiger partial charge is 0.380 e. The normalized spacial score (nSPS) is 7.86. The third kappa shape index (κ3) is 7.74. The van der Waals surface area contributed by atoms with Crippen LogP contribution in [0.5, 0.6) is 0 Å². The first kappa shape index (κ1) is 15.6. The van der Waals surface area contributed by atoms with Gasteiger partial charge in [-0.05, 0) is 17.7 Å². The molecule has 82 valence electrons. The number of hydrogen-bond donors (Lipinski definition) is 0. The number of ether oxygens (including phenoxy) is 1. The molecule has 0 aromatic heterocycles. The van der Waals surface area contributed by atoms with E-state index in [1.165, 1.54) is 12.1 Å². The van der Waals surface area contributed by atoms with E-state index in [1.807, 2.05) is 27.7 Å². The van der Waals surface area contributed by atoms with Gasteiger partial charge in [-0.2, -0.15) is 0 Å². The van der Waals surface area contributed by atoms with E-state index >= 15 is 0 Å². The van der Waals surface area contributed by atoms with Gasteiger partial charge in [0, 0.05) is 7.11 Å². The third-order valence-electron chi connectivity index (χ3n) is 1.22. The molecule has 0 saturated carbocycles. The molecule has 0 N–H and O–H groups in total. The van der Waals surface area contributed by atoms with Gasteiger partial charge in [0.05, 0.1) is 6.61 Å². The second-order valence-electron chi connectivity index (χ2n) is 2.06. The van der Waals surface area contributed by atoms with Crippen molar-refractivity contribution in [2.45, 2.75) is 34.3 Å². The molecule has 0 aliphatic rings. The van der Waals surface area contributed by atoms with E-state index in [-0.39, 0.29) is 5.82 Å².